The van der Waals surface area contributed by atoms with E-state index in [2.05, 4.69) is 15.3 Å². The third-order valence-electron chi connectivity index (χ3n) is 4.26. The number of ether oxygens (including phenoxy) is 1. The minimum absolute atomic E-state index is 0.0865. The topological polar surface area (TPSA) is 84.4 Å². The molecule has 7 nitrogen and oxygen atoms in total. The fourth-order valence-corrected chi connectivity index (χ4v) is 3.02. The molecule has 0 radical (unpaired) electrons. The van der Waals surface area contributed by atoms with Crippen LogP contribution < -0.4 is 5.32 Å². The first-order valence-corrected chi connectivity index (χ1v) is 8.77. The lowest BCUT2D eigenvalue weighted by molar-refractivity contribution is -0.149. The number of benzene rings is 1. The number of aromatic nitrogens is 2. The highest BCUT2D eigenvalue weighted by atomic mass is 16.5. The second-order valence-corrected chi connectivity index (χ2v) is 6.12. The summed E-state index contributed by atoms with van der Waals surface area (Å²) < 4.78 is 5.10. The van der Waals surface area contributed by atoms with E-state index in [4.69, 9.17) is 4.74 Å². The Hall–Kier alpha value is -2.96. The summed E-state index contributed by atoms with van der Waals surface area (Å²) in [5.41, 5.74) is 1.30. The largest absolute Gasteiger partial charge is 0.466 e. The zero-order chi connectivity index (χ0) is 18.4. The van der Waals surface area contributed by atoms with Crippen LogP contribution in [0.15, 0.2) is 42.7 Å². The van der Waals surface area contributed by atoms with Crippen LogP contribution in [-0.2, 0) is 9.53 Å². The first-order chi connectivity index (χ1) is 12.7. The van der Waals surface area contributed by atoms with Crippen molar-refractivity contribution in [2.24, 2.45) is 5.92 Å². The maximum absolute atomic E-state index is 12.8. The highest BCUT2D eigenvalue weighted by Crippen LogP contribution is 2.21. The molecule has 1 aromatic heterocycles. The molecule has 1 fully saturated rings. The molecule has 0 spiro atoms. The molecule has 0 bridgehead atoms. The molecule has 1 atom stereocenters. The summed E-state index contributed by atoms with van der Waals surface area (Å²) in [4.78, 5) is 34.8. The highest BCUT2D eigenvalue weighted by molar-refractivity contribution is 5.95. The van der Waals surface area contributed by atoms with E-state index in [1.165, 1.54) is 0 Å². The number of hydrogen-bond acceptors (Lipinski definition) is 6. The van der Waals surface area contributed by atoms with E-state index in [0.29, 0.717) is 31.2 Å². The molecule has 1 aromatic carbocycles. The van der Waals surface area contributed by atoms with Crippen LogP contribution in [0.5, 0.6) is 0 Å². The second kappa shape index (κ2) is 8.42. The van der Waals surface area contributed by atoms with E-state index >= 15 is 0 Å². The van der Waals surface area contributed by atoms with Crippen LogP contribution >= 0.6 is 0 Å². The number of likely N-dealkylation sites (tertiary alicyclic amines) is 1. The Bertz CT molecular complexity index is 766. The SMILES string of the molecule is CCOC(=O)[C@@H]1CCCN(C(=O)c2cccc(Nc3ncccn3)c2)C1. The van der Waals surface area contributed by atoms with Crippen molar-refractivity contribution in [3.05, 3.63) is 48.3 Å². The van der Waals surface area contributed by atoms with Gasteiger partial charge in [0.05, 0.1) is 12.5 Å². The minimum Gasteiger partial charge on any atom is -0.466 e. The maximum Gasteiger partial charge on any atom is 0.310 e. The summed E-state index contributed by atoms with van der Waals surface area (Å²) in [6, 6.07) is 8.94. The number of carbonyl (C=O) groups is 2. The first-order valence-electron chi connectivity index (χ1n) is 8.77. The zero-order valence-corrected chi connectivity index (χ0v) is 14.7. The Morgan fingerprint density at radius 1 is 1.27 bits per heavy atom. The number of hydrogen-bond donors (Lipinski definition) is 1. The normalized spacial score (nSPS) is 16.8. The predicted octanol–water partition coefficient (Wildman–Crippen LogP) is 2.64. The van der Waals surface area contributed by atoms with Gasteiger partial charge in [-0.25, -0.2) is 9.97 Å². The molecule has 1 amide bonds. The van der Waals surface area contributed by atoms with Crippen molar-refractivity contribution >= 4 is 23.5 Å². The van der Waals surface area contributed by atoms with Crippen LogP contribution in [-0.4, -0.2) is 46.4 Å². The van der Waals surface area contributed by atoms with Gasteiger partial charge in [-0.05, 0) is 44.0 Å². The monoisotopic (exact) mass is 354 g/mol. The van der Waals surface area contributed by atoms with E-state index in [9.17, 15) is 9.59 Å². The molecule has 1 aliphatic rings. The van der Waals surface area contributed by atoms with Crippen LogP contribution in [0.1, 0.15) is 30.1 Å². The Balaban J connectivity index is 1.69. The number of nitrogens with zero attached hydrogens (tertiary/aromatic N) is 3. The number of carbonyl (C=O) groups excluding carboxylic acids is 2. The lowest BCUT2D eigenvalue weighted by Crippen LogP contribution is -2.42. The van der Waals surface area contributed by atoms with Gasteiger partial charge in [-0.3, -0.25) is 9.59 Å². The summed E-state index contributed by atoms with van der Waals surface area (Å²) in [5, 5.41) is 3.08. The molecular weight excluding hydrogens is 332 g/mol. The van der Waals surface area contributed by atoms with E-state index in [1.807, 2.05) is 12.1 Å². The molecule has 0 aliphatic carbocycles. The van der Waals surface area contributed by atoms with Crippen LogP contribution in [0.25, 0.3) is 0 Å². The molecule has 0 saturated carbocycles. The fraction of sp³-hybridized carbons (Fsp3) is 0.368. The molecule has 136 valence electrons. The third kappa shape index (κ3) is 4.36. The number of amides is 1. The molecule has 0 unspecified atom stereocenters. The Kier molecular flexibility index (Phi) is 5.78. The van der Waals surface area contributed by atoms with Crippen LogP contribution in [0.4, 0.5) is 11.6 Å². The molecule has 7 heteroatoms. The average molecular weight is 354 g/mol. The lowest BCUT2D eigenvalue weighted by Gasteiger charge is -2.31. The second-order valence-electron chi connectivity index (χ2n) is 6.12. The van der Waals surface area contributed by atoms with Gasteiger partial charge in [0.15, 0.2) is 0 Å². The number of esters is 1. The zero-order valence-electron chi connectivity index (χ0n) is 14.7. The number of anilines is 2. The van der Waals surface area contributed by atoms with Gasteiger partial charge in [0.1, 0.15) is 0 Å². The van der Waals surface area contributed by atoms with Crippen molar-refractivity contribution < 1.29 is 14.3 Å². The van der Waals surface area contributed by atoms with Gasteiger partial charge in [0, 0.05) is 36.7 Å². The van der Waals surface area contributed by atoms with Crippen LogP contribution in [0, 0.1) is 5.92 Å². The number of nitrogens with one attached hydrogen (secondary N) is 1. The van der Waals surface area contributed by atoms with Crippen molar-refractivity contribution in [2.75, 3.05) is 25.0 Å². The number of rotatable bonds is 5. The van der Waals surface area contributed by atoms with Gasteiger partial charge in [0.2, 0.25) is 5.95 Å². The van der Waals surface area contributed by atoms with Gasteiger partial charge in [-0.2, -0.15) is 0 Å². The summed E-state index contributed by atoms with van der Waals surface area (Å²) in [7, 11) is 0. The molecule has 26 heavy (non-hydrogen) atoms. The van der Waals surface area contributed by atoms with Crippen molar-refractivity contribution in [2.45, 2.75) is 19.8 Å². The molecule has 2 heterocycles. The Labute approximate surface area is 152 Å². The molecule has 1 saturated heterocycles. The van der Waals surface area contributed by atoms with E-state index < -0.39 is 0 Å². The quantitative estimate of drug-likeness (QED) is 0.831. The predicted molar refractivity (Wildman–Crippen MR) is 97.0 cm³/mol. The minimum atomic E-state index is -0.244. The molecule has 1 N–H and O–H groups in total. The number of piperidine rings is 1. The van der Waals surface area contributed by atoms with Crippen molar-refractivity contribution in [1.82, 2.24) is 14.9 Å². The average Bonchev–Trinajstić information content (AvgIpc) is 2.69. The van der Waals surface area contributed by atoms with Crippen LogP contribution in [0.2, 0.25) is 0 Å². The highest BCUT2D eigenvalue weighted by Gasteiger charge is 2.29. The molecule has 3 rings (SSSR count). The third-order valence-corrected chi connectivity index (χ3v) is 4.26. The van der Waals surface area contributed by atoms with Gasteiger partial charge < -0.3 is 15.0 Å². The summed E-state index contributed by atoms with van der Waals surface area (Å²) in [5.74, 6) is -0.0811. The Morgan fingerprint density at radius 2 is 2.08 bits per heavy atom. The smallest absolute Gasteiger partial charge is 0.310 e. The van der Waals surface area contributed by atoms with Crippen LogP contribution in [0.3, 0.4) is 0 Å². The fourth-order valence-electron chi connectivity index (χ4n) is 3.02. The maximum atomic E-state index is 12.8. The van der Waals surface area contributed by atoms with Crippen molar-refractivity contribution in [3.63, 3.8) is 0 Å². The van der Waals surface area contributed by atoms with E-state index in [1.54, 1.807) is 42.4 Å². The van der Waals surface area contributed by atoms with Crippen molar-refractivity contribution in [3.8, 4) is 0 Å². The van der Waals surface area contributed by atoms with Gasteiger partial charge in [-0.1, -0.05) is 6.07 Å². The molecule has 2 aromatic rings. The first kappa shape index (κ1) is 17.8. The van der Waals surface area contributed by atoms with Gasteiger partial charge >= 0.3 is 5.97 Å². The van der Waals surface area contributed by atoms with E-state index in [0.717, 1.165) is 18.5 Å². The van der Waals surface area contributed by atoms with E-state index in [-0.39, 0.29) is 17.8 Å². The van der Waals surface area contributed by atoms with Crippen molar-refractivity contribution in [1.29, 1.82) is 0 Å². The summed E-state index contributed by atoms with van der Waals surface area (Å²) >= 11 is 0. The Morgan fingerprint density at radius 3 is 2.85 bits per heavy atom. The summed E-state index contributed by atoms with van der Waals surface area (Å²) in [6.07, 6.45) is 4.85. The molecule has 1 aliphatic heterocycles. The van der Waals surface area contributed by atoms with Gasteiger partial charge in [-0.15, -0.1) is 0 Å². The summed E-state index contributed by atoms with van der Waals surface area (Å²) in [6.45, 7) is 3.20. The molecular formula is C19H22N4O3. The standard InChI is InChI=1S/C19H22N4O3/c1-2-26-18(25)15-7-4-11-23(13-15)17(24)14-6-3-8-16(12-14)22-19-20-9-5-10-21-19/h3,5-6,8-10,12,15H,2,4,7,11,13H2,1H3,(H,20,21,22)/t15-/m1/s1. The van der Waals surface area contributed by atoms with Gasteiger partial charge in [0.25, 0.3) is 5.91 Å². The lowest BCUT2D eigenvalue weighted by atomic mass is 9.97.